The molecule has 3 heteroatoms. The average Bonchev–Trinajstić information content (AvgIpc) is 2.62. The van der Waals surface area contributed by atoms with Gasteiger partial charge in [0.05, 0.1) is 0 Å². The van der Waals surface area contributed by atoms with E-state index in [-0.39, 0.29) is 0 Å². The highest BCUT2D eigenvalue weighted by Crippen LogP contribution is 2.26. The molecular weight excluding hydrogens is 386 g/mol. The quantitative estimate of drug-likeness (QED) is 0.497. The van der Waals surface area contributed by atoms with Crippen LogP contribution in [-0.4, -0.2) is 0 Å². The van der Waals surface area contributed by atoms with Crippen LogP contribution in [0.1, 0.15) is 27.8 Å². The van der Waals surface area contributed by atoms with Crippen LogP contribution < -0.4 is 10.1 Å². The van der Waals surface area contributed by atoms with Gasteiger partial charge in [-0.05, 0) is 67.8 Å². The van der Waals surface area contributed by atoms with Crippen molar-refractivity contribution in [1.29, 1.82) is 0 Å². The fourth-order valence-corrected chi connectivity index (χ4v) is 3.25. The minimum absolute atomic E-state index is 0.569. The molecule has 0 spiro atoms. The van der Waals surface area contributed by atoms with Crippen LogP contribution in [0.3, 0.4) is 0 Å². The van der Waals surface area contributed by atoms with Crippen LogP contribution in [0.4, 0.5) is 5.69 Å². The molecule has 0 atom stereocenters. The van der Waals surface area contributed by atoms with Gasteiger partial charge in [-0.1, -0.05) is 51.8 Å². The molecule has 1 N–H and O–H groups in total. The highest BCUT2D eigenvalue weighted by Gasteiger charge is 2.06. The topological polar surface area (TPSA) is 21.3 Å². The van der Waals surface area contributed by atoms with Gasteiger partial charge in [-0.3, -0.25) is 0 Å². The zero-order chi connectivity index (χ0) is 18.5. The molecule has 3 rings (SSSR count). The molecule has 0 saturated heterocycles. The zero-order valence-corrected chi connectivity index (χ0v) is 17.1. The van der Waals surface area contributed by atoms with E-state index in [9.17, 15) is 0 Å². The number of hydrogen-bond acceptors (Lipinski definition) is 2. The smallest absolute Gasteiger partial charge is 0.124 e. The molecule has 134 valence electrons. The molecule has 3 aromatic rings. The molecule has 0 radical (unpaired) electrons. The van der Waals surface area contributed by atoms with E-state index >= 15 is 0 Å². The first-order valence-electron chi connectivity index (χ1n) is 8.79. The van der Waals surface area contributed by atoms with E-state index in [1.54, 1.807) is 0 Å². The summed E-state index contributed by atoms with van der Waals surface area (Å²) in [6.45, 7) is 7.65. The summed E-state index contributed by atoms with van der Waals surface area (Å²) in [6, 6.07) is 21.0. The van der Waals surface area contributed by atoms with Gasteiger partial charge in [0.25, 0.3) is 0 Å². The molecular formula is C23H24BrNO. The molecule has 0 unspecified atom stereocenters. The van der Waals surface area contributed by atoms with Crippen molar-refractivity contribution < 1.29 is 4.74 Å². The van der Waals surface area contributed by atoms with Crippen LogP contribution >= 0.6 is 15.9 Å². The second-order valence-corrected chi connectivity index (χ2v) is 7.60. The van der Waals surface area contributed by atoms with Crippen molar-refractivity contribution >= 4 is 21.6 Å². The van der Waals surface area contributed by atoms with Crippen molar-refractivity contribution in [2.45, 2.75) is 33.9 Å². The summed E-state index contributed by atoms with van der Waals surface area (Å²) in [6.07, 6.45) is 0. The Kier molecular flexibility index (Phi) is 6.00. The van der Waals surface area contributed by atoms with Gasteiger partial charge in [0, 0.05) is 22.3 Å². The summed E-state index contributed by atoms with van der Waals surface area (Å²) in [5, 5.41) is 3.50. The van der Waals surface area contributed by atoms with E-state index in [4.69, 9.17) is 4.74 Å². The monoisotopic (exact) mass is 409 g/mol. The Morgan fingerprint density at radius 2 is 1.73 bits per heavy atom. The molecule has 0 fully saturated rings. The highest BCUT2D eigenvalue weighted by atomic mass is 79.9. The third-order valence-corrected chi connectivity index (χ3v) is 4.98. The van der Waals surface area contributed by atoms with Crippen LogP contribution in [0.25, 0.3) is 0 Å². The number of anilines is 1. The van der Waals surface area contributed by atoms with E-state index in [1.165, 1.54) is 22.3 Å². The van der Waals surface area contributed by atoms with Crippen LogP contribution in [0.5, 0.6) is 5.75 Å². The molecule has 0 aromatic heterocycles. The van der Waals surface area contributed by atoms with Crippen molar-refractivity contribution in [2.24, 2.45) is 0 Å². The SMILES string of the molecule is Cc1cccc(COc2ccc(Br)cc2CNc2ccc(C)c(C)c2)c1. The fraction of sp³-hybridized carbons (Fsp3) is 0.217. The Morgan fingerprint density at radius 3 is 2.50 bits per heavy atom. The number of halogens is 1. The first-order chi connectivity index (χ1) is 12.5. The van der Waals surface area contributed by atoms with Crippen molar-refractivity contribution in [3.63, 3.8) is 0 Å². The molecule has 26 heavy (non-hydrogen) atoms. The van der Waals surface area contributed by atoms with Crippen molar-refractivity contribution in [1.82, 2.24) is 0 Å². The number of ether oxygens (including phenoxy) is 1. The van der Waals surface area contributed by atoms with Gasteiger partial charge in [0.1, 0.15) is 12.4 Å². The third kappa shape index (κ3) is 4.89. The molecule has 0 aliphatic carbocycles. The van der Waals surface area contributed by atoms with Gasteiger partial charge in [-0.15, -0.1) is 0 Å². The largest absolute Gasteiger partial charge is 0.489 e. The number of rotatable bonds is 6. The standard InChI is InChI=1S/C23H24BrNO/c1-16-5-4-6-19(11-16)15-26-23-10-8-21(24)13-20(23)14-25-22-9-7-17(2)18(3)12-22/h4-13,25H,14-15H2,1-3H3. The highest BCUT2D eigenvalue weighted by molar-refractivity contribution is 9.10. The lowest BCUT2D eigenvalue weighted by Gasteiger charge is -2.14. The minimum atomic E-state index is 0.569. The second kappa shape index (κ2) is 8.41. The molecule has 0 bridgehead atoms. The summed E-state index contributed by atoms with van der Waals surface area (Å²) in [4.78, 5) is 0. The molecule has 0 heterocycles. The van der Waals surface area contributed by atoms with Crippen LogP contribution in [-0.2, 0) is 13.2 Å². The summed E-state index contributed by atoms with van der Waals surface area (Å²) in [7, 11) is 0. The van der Waals surface area contributed by atoms with Crippen LogP contribution in [0, 0.1) is 20.8 Å². The van der Waals surface area contributed by atoms with Crippen molar-refractivity contribution in [2.75, 3.05) is 5.32 Å². The van der Waals surface area contributed by atoms with Crippen LogP contribution in [0.15, 0.2) is 65.1 Å². The lowest BCUT2D eigenvalue weighted by atomic mass is 10.1. The Labute approximate surface area is 164 Å². The van der Waals surface area contributed by atoms with Gasteiger partial charge in [0.15, 0.2) is 0 Å². The van der Waals surface area contributed by atoms with Crippen molar-refractivity contribution in [3.05, 3.63) is 93.0 Å². The summed E-state index contributed by atoms with van der Waals surface area (Å²) in [5.41, 5.74) is 7.28. The molecule has 3 aromatic carbocycles. The molecule has 0 aliphatic rings. The first kappa shape index (κ1) is 18.5. The molecule has 0 aliphatic heterocycles. The van der Waals surface area contributed by atoms with Gasteiger partial charge >= 0.3 is 0 Å². The maximum Gasteiger partial charge on any atom is 0.124 e. The minimum Gasteiger partial charge on any atom is -0.489 e. The molecule has 0 amide bonds. The Balaban J connectivity index is 1.71. The Hall–Kier alpha value is -2.26. The summed E-state index contributed by atoms with van der Waals surface area (Å²) < 4.78 is 7.16. The molecule has 0 saturated carbocycles. The van der Waals surface area contributed by atoms with Gasteiger partial charge in [-0.25, -0.2) is 0 Å². The Bertz CT molecular complexity index is 904. The van der Waals surface area contributed by atoms with E-state index in [0.29, 0.717) is 13.2 Å². The maximum absolute atomic E-state index is 6.10. The number of benzene rings is 3. The van der Waals surface area contributed by atoms with Gasteiger partial charge < -0.3 is 10.1 Å². The predicted molar refractivity (Wildman–Crippen MR) is 113 cm³/mol. The lowest BCUT2D eigenvalue weighted by molar-refractivity contribution is 0.303. The normalized spacial score (nSPS) is 10.6. The van der Waals surface area contributed by atoms with E-state index in [0.717, 1.165) is 21.5 Å². The second-order valence-electron chi connectivity index (χ2n) is 6.68. The summed E-state index contributed by atoms with van der Waals surface area (Å²) >= 11 is 3.57. The van der Waals surface area contributed by atoms with E-state index in [1.807, 2.05) is 12.1 Å². The van der Waals surface area contributed by atoms with Crippen LogP contribution in [0.2, 0.25) is 0 Å². The fourth-order valence-electron chi connectivity index (χ4n) is 2.84. The summed E-state index contributed by atoms with van der Waals surface area (Å²) in [5.74, 6) is 0.908. The van der Waals surface area contributed by atoms with Crippen molar-refractivity contribution in [3.8, 4) is 5.75 Å². The van der Waals surface area contributed by atoms with E-state index < -0.39 is 0 Å². The number of nitrogens with one attached hydrogen (secondary N) is 1. The number of aryl methyl sites for hydroxylation is 3. The average molecular weight is 410 g/mol. The maximum atomic E-state index is 6.10. The number of hydrogen-bond donors (Lipinski definition) is 1. The lowest BCUT2D eigenvalue weighted by Crippen LogP contribution is -2.04. The zero-order valence-electron chi connectivity index (χ0n) is 15.5. The Morgan fingerprint density at radius 1 is 0.885 bits per heavy atom. The predicted octanol–water partition coefficient (Wildman–Crippen LogP) is 6.57. The molecule has 2 nitrogen and oxygen atoms in total. The van der Waals surface area contributed by atoms with Gasteiger partial charge in [0.2, 0.25) is 0 Å². The third-order valence-electron chi connectivity index (χ3n) is 4.49. The van der Waals surface area contributed by atoms with Gasteiger partial charge in [-0.2, -0.15) is 0 Å². The first-order valence-corrected chi connectivity index (χ1v) is 9.58. The van der Waals surface area contributed by atoms with E-state index in [2.05, 4.69) is 90.5 Å².